The second-order valence-corrected chi connectivity index (χ2v) is 10.0. The molecule has 0 unspecified atom stereocenters. The molecular formula is C25H25N5OS. The largest absolute Gasteiger partial charge is 0.360 e. The summed E-state index contributed by atoms with van der Waals surface area (Å²) in [5.41, 5.74) is 4.77. The minimum atomic E-state index is -0.210. The second kappa shape index (κ2) is 7.81. The van der Waals surface area contributed by atoms with E-state index in [0.29, 0.717) is 12.6 Å². The van der Waals surface area contributed by atoms with Crippen LogP contribution >= 0.6 is 11.8 Å². The number of nitrogens with zero attached hydrogens (tertiary/aromatic N) is 4. The van der Waals surface area contributed by atoms with E-state index < -0.39 is 0 Å². The van der Waals surface area contributed by atoms with Crippen LogP contribution in [0.1, 0.15) is 36.9 Å². The Morgan fingerprint density at radius 1 is 1.09 bits per heavy atom. The van der Waals surface area contributed by atoms with Gasteiger partial charge in [0.2, 0.25) is 5.91 Å². The molecule has 1 aliphatic carbocycles. The fourth-order valence-corrected chi connectivity index (χ4v) is 5.61. The van der Waals surface area contributed by atoms with E-state index in [9.17, 15) is 4.79 Å². The summed E-state index contributed by atoms with van der Waals surface area (Å²) in [7, 11) is 0. The number of hydrogen-bond donors (Lipinski definition) is 1. The Hall–Kier alpha value is -3.06. The van der Waals surface area contributed by atoms with Gasteiger partial charge in [0.25, 0.3) is 0 Å². The van der Waals surface area contributed by atoms with E-state index in [0.717, 1.165) is 53.3 Å². The van der Waals surface area contributed by atoms with Gasteiger partial charge < -0.3 is 9.88 Å². The van der Waals surface area contributed by atoms with E-state index in [1.54, 1.807) is 0 Å². The van der Waals surface area contributed by atoms with Crippen molar-refractivity contribution in [1.82, 2.24) is 24.6 Å². The lowest BCUT2D eigenvalue weighted by Gasteiger charge is -2.30. The minimum Gasteiger partial charge on any atom is -0.360 e. The molecule has 1 N–H and O–H groups in total. The standard InChI is InChI=1S/C25H25N5OS/c1-16(24(31)29-13-12-17-6-2-3-7-18(17)15-29)32-25-28-27-23(30(25)19-10-11-19)21-14-26-22-9-5-4-8-20(21)22/h2-9,14,16,19,26H,10-13,15H2,1H3/t16-/m1/s1. The lowest BCUT2D eigenvalue weighted by atomic mass is 10.00. The Bertz CT molecular complexity index is 1300. The first-order chi connectivity index (χ1) is 15.7. The lowest BCUT2D eigenvalue weighted by Crippen LogP contribution is -2.40. The summed E-state index contributed by atoms with van der Waals surface area (Å²) in [6, 6.07) is 17.1. The topological polar surface area (TPSA) is 66.8 Å². The van der Waals surface area contributed by atoms with Crippen molar-refractivity contribution in [2.75, 3.05) is 6.54 Å². The van der Waals surface area contributed by atoms with Gasteiger partial charge in [-0.15, -0.1) is 10.2 Å². The number of thioether (sulfide) groups is 1. The van der Waals surface area contributed by atoms with Crippen LogP contribution < -0.4 is 0 Å². The summed E-state index contributed by atoms with van der Waals surface area (Å²) in [4.78, 5) is 18.6. The summed E-state index contributed by atoms with van der Waals surface area (Å²) >= 11 is 1.53. The van der Waals surface area contributed by atoms with Crippen LogP contribution in [-0.4, -0.2) is 42.4 Å². The number of H-pyrrole nitrogens is 1. The SMILES string of the molecule is C[C@@H](Sc1nnc(-c2c[nH]c3ccccc23)n1C1CC1)C(=O)N1CCc2ccccc2C1. The zero-order valence-electron chi connectivity index (χ0n) is 18.0. The number of rotatable bonds is 5. The first-order valence-electron chi connectivity index (χ1n) is 11.2. The zero-order valence-corrected chi connectivity index (χ0v) is 18.8. The van der Waals surface area contributed by atoms with Gasteiger partial charge in [0.1, 0.15) is 0 Å². The van der Waals surface area contributed by atoms with Gasteiger partial charge in [-0.1, -0.05) is 54.2 Å². The maximum atomic E-state index is 13.3. The van der Waals surface area contributed by atoms with Gasteiger partial charge in [-0.05, 0) is 43.4 Å². The molecule has 32 heavy (non-hydrogen) atoms. The molecule has 3 heterocycles. The second-order valence-electron chi connectivity index (χ2n) is 8.69. The molecule has 1 fully saturated rings. The summed E-state index contributed by atoms with van der Waals surface area (Å²) < 4.78 is 2.25. The van der Waals surface area contributed by atoms with Crippen molar-refractivity contribution in [3.63, 3.8) is 0 Å². The summed E-state index contributed by atoms with van der Waals surface area (Å²) in [5.74, 6) is 1.06. The number of aromatic nitrogens is 4. The average Bonchev–Trinajstić information content (AvgIpc) is 3.45. The highest BCUT2D eigenvalue weighted by Crippen LogP contribution is 2.43. The monoisotopic (exact) mass is 443 g/mol. The fraction of sp³-hybridized carbons (Fsp3) is 0.320. The van der Waals surface area contributed by atoms with Crippen LogP contribution in [0.25, 0.3) is 22.3 Å². The van der Waals surface area contributed by atoms with Gasteiger partial charge in [-0.3, -0.25) is 9.36 Å². The predicted octanol–water partition coefficient (Wildman–Crippen LogP) is 4.83. The van der Waals surface area contributed by atoms with Crippen LogP contribution in [0.15, 0.2) is 59.9 Å². The van der Waals surface area contributed by atoms with E-state index in [4.69, 9.17) is 0 Å². The highest BCUT2D eigenvalue weighted by Gasteiger charge is 2.33. The first-order valence-corrected chi connectivity index (χ1v) is 12.1. The van der Waals surface area contributed by atoms with Gasteiger partial charge >= 0.3 is 0 Å². The molecule has 0 bridgehead atoms. The number of nitrogens with one attached hydrogen (secondary N) is 1. The molecule has 2 aromatic heterocycles. The Labute approximate surface area is 191 Å². The number of benzene rings is 2. The van der Waals surface area contributed by atoms with Crippen LogP contribution in [-0.2, 0) is 17.8 Å². The highest BCUT2D eigenvalue weighted by atomic mass is 32.2. The van der Waals surface area contributed by atoms with Crippen molar-refractivity contribution in [2.45, 2.75) is 49.2 Å². The molecule has 1 amide bonds. The number of hydrogen-bond acceptors (Lipinski definition) is 4. The van der Waals surface area contributed by atoms with E-state index in [-0.39, 0.29) is 11.2 Å². The number of para-hydroxylation sites is 1. The molecule has 1 atom stereocenters. The molecule has 162 valence electrons. The van der Waals surface area contributed by atoms with Gasteiger partial charge in [-0.25, -0.2) is 0 Å². The van der Waals surface area contributed by atoms with E-state index in [1.165, 1.54) is 22.9 Å². The van der Waals surface area contributed by atoms with Crippen molar-refractivity contribution >= 4 is 28.6 Å². The summed E-state index contributed by atoms with van der Waals surface area (Å²) in [6.45, 7) is 3.46. The first kappa shape index (κ1) is 19.6. The van der Waals surface area contributed by atoms with Crippen LogP contribution in [0.3, 0.4) is 0 Å². The minimum absolute atomic E-state index is 0.170. The Kier molecular flexibility index (Phi) is 4.79. The molecule has 1 saturated carbocycles. The van der Waals surface area contributed by atoms with Crippen LogP contribution in [0.2, 0.25) is 0 Å². The van der Waals surface area contributed by atoms with E-state index in [1.807, 2.05) is 30.2 Å². The smallest absolute Gasteiger partial charge is 0.236 e. The highest BCUT2D eigenvalue weighted by molar-refractivity contribution is 8.00. The van der Waals surface area contributed by atoms with Crippen LogP contribution in [0, 0.1) is 0 Å². The molecule has 2 aliphatic rings. The van der Waals surface area contributed by atoms with Crippen LogP contribution in [0.4, 0.5) is 0 Å². The van der Waals surface area contributed by atoms with Crippen molar-refractivity contribution < 1.29 is 4.79 Å². The molecule has 0 radical (unpaired) electrons. The third-order valence-corrected chi connectivity index (χ3v) is 7.52. The summed E-state index contributed by atoms with van der Waals surface area (Å²) in [6.07, 6.45) is 5.20. The van der Waals surface area contributed by atoms with Gasteiger partial charge in [-0.2, -0.15) is 0 Å². The average molecular weight is 444 g/mol. The van der Waals surface area contributed by atoms with Gasteiger partial charge in [0, 0.05) is 41.8 Å². The molecule has 1 aliphatic heterocycles. The number of carbonyl (C=O) groups excluding carboxylic acids is 1. The Balaban J connectivity index is 1.26. The maximum Gasteiger partial charge on any atom is 0.236 e. The molecule has 0 saturated heterocycles. The predicted molar refractivity (Wildman–Crippen MR) is 126 cm³/mol. The number of aromatic amines is 1. The maximum absolute atomic E-state index is 13.3. The van der Waals surface area contributed by atoms with E-state index in [2.05, 4.69) is 56.1 Å². The Morgan fingerprint density at radius 2 is 1.88 bits per heavy atom. The molecule has 0 spiro atoms. The molecular weight excluding hydrogens is 418 g/mol. The van der Waals surface area contributed by atoms with Crippen molar-refractivity contribution in [1.29, 1.82) is 0 Å². The van der Waals surface area contributed by atoms with Crippen molar-refractivity contribution in [3.8, 4) is 11.4 Å². The lowest BCUT2D eigenvalue weighted by molar-refractivity contribution is -0.131. The molecule has 2 aromatic carbocycles. The van der Waals surface area contributed by atoms with Crippen molar-refractivity contribution in [2.24, 2.45) is 0 Å². The van der Waals surface area contributed by atoms with Crippen LogP contribution in [0.5, 0.6) is 0 Å². The third kappa shape index (κ3) is 3.41. The number of fused-ring (bicyclic) bond motifs is 2. The zero-order chi connectivity index (χ0) is 21.7. The van der Waals surface area contributed by atoms with Gasteiger partial charge in [0.05, 0.1) is 5.25 Å². The quantitative estimate of drug-likeness (QED) is 0.449. The number of carbonyl (C=O) groups is 1. The molecule has 4 aromatic rings. The fourth-order valence-electron chi connectivity index (χ4n) is 4.61. The molecule has 6 nitrogen and oxygen atoms in total. The number of amides is 1. The molecule has 6 rings (SSSR count). The van der Waals surface area contributed by atoms with Crippen molar-refractivity contribution in [3.05, 3.63) is 65.9 Å². The normalized spacial score (nSPS) is 16.8. The third-order valence-electron chi connectivity index (χ3n) is 6.48. The van der Waals surface area contributed by atoms with Gasteiger partial charge in [0.15, 0.2) is 11.0 Å². The molecule has 7 heteroatoms. The van der Waals surface area contributed by atoms with E-state index >= 15 is 0 Å². The Morgan fingerprint density at radius 3 is 2.72 bits per heavy atom. The summed E-state index contributed by atoms with van der Waals surface area (Å²) in [5, 5.41) is 10.9.